The molecule has 0 aliphatic heterocycles. The van der Waals surface area contributed by atoms with Gasteiger partial charge in [0.2, 0.25) is 5.88 Å². The lowest BCUT2D eigenvalue weighted by molar-refractivity contribution is 0.115. The molecule has 2 aromatic heterocycles. The first-order valence-corrected chi connectivity index (χ1v) is 7.75. The van der Waals surface area contributed by atoms with Crippen molar-refractivity contribution < 1.29 is 9.84 Å². The van der Waals surface area contributed by atoms with Crippen LogP contribution in [0.1, 0.15) is 5.56 Å². The predicted octanol–water partition coefficient (Wildman–Crippen LogP) is 2.37. The van der Waals surface area contributed by atoms with Crippen LogP contribution in [0.25, 0.3) is 11.0 Å². The number of nitrogens with one attached hydrogen (secondary N) is 1. The third kappa shape index (κ3) is 3.91. The molecule has 3 rings (SSSR count). The van der Waals surface area contributed by atoms with E-state index >= 15 is 0 Å². The van der Waals surface area contributed by atoms with Gasteiger partial charge in [-0.3, -0.25) is 0 Å². The smallest absolute Gasteiger partial charge is 0.215 e. The van der Waals surface area contributed by atoms with Crippen molar-refractivity contribution >= 4 is 22.5 Å². The Morgan fingerprint density at radius 2 is 1.96 bits per heavy atom. The molecule has 124 valence electrons. The Kier molecular flexibility index (Phi) is 4.77. The monoisotopic (exact) mass is 324 g/mol. The summed E-state index contributed by atoms with van der Waals surface area (Å²) in [5.41, 5.74) is 8.20. The number of aromatic nitrogens is 2. The number of anilines is 2. The number of para-hydroxylation sites is 1. The molecule has 0 amide bonds. The topological polar surface area (TPSA) is 93.3 Å². The number of hydrogen-bond acceptors (Lipinski definition) is 6. The van der Waals surface area contributed by atoms with Gasteiger partial charge < -0.3 is 20.9 Å². The molecule has 1 unspecified atom stereocenters. The third-order valence-corrected chi connectivity index (χ3v) is 3.62. The molecule has 0 bridgehead atoms. The van der Waals surface area contributed by atoms with Crippen molar-refractivity contribution in [3.63, 3.8) is 0 Å². The van der Waals surface area contributed by atoms with Crippen LogP contribution >= 0.6 is 0 Å². The zero-order valence-corrected chi connectivity index (χ0v) is 13.4. The van der Waals surface area contributed by atoms with Crippen LogP contribution in [-0.4, -0.2) is 34.3 Å². The molecule has 0 saturated heterocycles. The van der Waals surface area contributed by atoms with Gasteiger partial charge in [-0.05, 0) is 36.8 Å². The first-order valence-electron chi connectivity index (χ1n) is 7.75. The maximum atomic E-state index is 10.0. The molecule has 0 spiro atoms. The molecule has 6 nitrogen and oxygen atoms in total. The summed E-state index contributed by atoms with van der Waals surface area (Å²) in [6.07, 6.45) is -0.656. The number of nitrogens with zero attached hydrogens (tertiary/aromatic N) is 2. The molecule has 6 heteroatoms. The lowest BCUT2D eigenvalue weighted by Crippen LogP contribution is -2.26. The Labute approximate surface area is 140 Å². The maximum absolute atomic E-state index is 10.0. The number of rotatable bonds is 6. The zero-order valence-electron chi connectivity index (χ0n) is 13.4. The van der Waals surface area contributed by atoms with Crippen molar-refractivity contribution in [2.24, 2.45) is 0 Å². The normalized spacial score (nSPS) is 12.1. The molecule has 0 fully saturated rings. The van der Waals surface area contributed by atoms with Gasteiger partial charge in [-0.15, -0.1) is 0 Å². The van der Waals surface area contributed by atoms with Crippen LogP contribution in [0.5, 0.6) is 5.88 Å². The van der Waals surface area contributed by atoms with Crippen molar-refractivity contribution in [2.45, 2.75) is 13.0 Å². The fourth-order valence-corrected chi connectivity index (χ4v) is 2.36. The van der Waals surface area contributed by atoms with Crippen molar-refractivity contribution in [1.82, 2.24) is 9.97 Å². The largest absolute Gasteiger partial charge is 0.475 e. The number of nitrogen functional groups attached to an aromatic ring is 1. The first kappa shape index (κ1) is 16.0. The number of pyridine rings is 2. The average Bonchev–Trinajstić information content (AvgIpc) is 2.58. The Bertz CT molecular complexity index is 824. The quantitative estimate of drug-likeness (QED) is 0.644. The van der Waals surface area contributed by atoms with Gasteiger partial charge in [-0.25, -0.2) is 4.98 Å². The molecule has 24 heavy (non-hydrogen) atoms. The lowest BCUT2D eigenvalue weighted by atomic mass is 10.2. The van der Waals surface area contributed by atoms with E-state index in [1.54, 1.807) is 6.07 Å². The zero-order chi connectivity index (χ0) is 16.9. The van der Waals surface area contributed by atoms with Gasteiger partial charge in [0, 0.05) is 23.7 Å². The third-order valence-electron chi connectivity index (χ3n) is 3.62. The molecule has 0 saturated carbocycles. The Hall–Kier alpha value is -2.86. The van der Waals surface area contributed by atoms with Gasteiger partial charge in [0.05, 0.1) is 0 Å². The number of aryl methyl sites for hydroxylation is 1. The van der Waals surface area contributed by atoms with Crippen molar-refractivity contribution in [1.29, 1.82) is 0 Å². The van der Waals surface area contributed by atoms with E-state index in [2.05, 4.69) is 15.3 Å². The number of fused-ring (bicyclic) bond motifs is 1. The standard InChI is InChI=1S/C18H20N4O2/c1-12-9-17(22-18-15(12)7-8-16(19)21-18)24-11-14(23)10-20-13-5-3-2-4-6-13/h2-9,14,20,23H,10-11H2,1H3,(H2,19,21,22). The van der Waals surface area contributed by atoms with Gasteiger partial charge in [-0.1, -0.05) is 18.2 Å². The van der Waals surface area contributed by atoms with E-state index in [4.69, 9.17) is 10.5 Å². The Morgan fingerprint density at radius 1 is 1.17 bits per heavy atom. The van der Waals surface area contributed by atoms with Crippen LogP contribution in [0.15, 0.2) is 48.5 Å². The summed E-state index contributed by atoms with van der Waals surface area (Å²) in [5.74, 6) is 0.843. The molecular weight excluding hydrogens is 304 g/mol. The van der Waals surface area contributed by atoms with Gasteiger partial charge in [0.1, 0.15) is 18.5 Å². The molecule has 1 atom stereocenters. The van der Waals surface area contributed by atoms with Crippen LogP contribution in [0, 0.1) is 6.92 Å². The van der Waals surface area contributed by atoms with E-state index in [9.17, 15) is 5.11 Å². The van der Waals surface area contributed by atoms with Crippen LogP contribution in [0.3, 0.4) is 0 Å². The van der Waals surface area contributed by atoms with Crippen molar-refractivity contribution in [2.75, 3.05) is 24.2 Å². The van der Waals surface area contributed by atoms with E-state index in [1.165, 1.54) is 0 Å². The summed E-state index contributed by atoms with van der Waals surface area (Å²) >= 11 is 0. The van der Waals surface area contributed by atoms with Gasteiger partial charge in [0.15, 0.2) is 5.65 Å². The Balaban J connectivity index is 1.60. The molecule has 0 radical (unpaired) electrons. The van der Waals surface area contributed by atoms with Gasteiger partial charge in [0.25, 0.3) is 0 Å². The van der Waals surface area contributed by atoms with Gasteiger partial charge >= 0.3 is 0 Å². The van der Waals surface area contributed by atoms with E-state index in [0.717, 1.165) is 16.6 Å². The highest BCUT2D eigenvalue weighted by Crippen LogP contribution is 2.21. The molecule has 1 aromatic carbocycles. The summed E-state index contributed by atoms with van der Waals surface area (Å²) in [5, 5.41) is 14.1. The molecule has 3 aromatic rings. The van der Waals surface area contributed by atoms with Crippen LogP contribution < -0.4 is 15.8 Å². The fraction of sp³-hybridized carbons (Fsp3) is 0.222. The summed E-state index contributed by atoms with van der Waals surface area (Å²) in [6, 6.07) is 15.2. The maximum Gasteiger partial charge on any atom is 0.215 e. The summed E-state index contributed by atoms with van der Waals surface area (Å²) < 4.78 is 5.60. The highest BCUT2D eigenvalue weighted by Gasteiger charge is 2.09. The molecule has 0 aliphatic carbocycles. The molecule has 4 N–H and O–H groups in total. The Morgan fingerprint density at radius 3 is 2.75 bits per heavy atom. The molecule has 0 aliphatic rings. The van der Waals surface area contributed by atoms with Crippen LogP contribution in [0.2, 0.25) is 0 Å². The van der Waals surface area contributed by atoms with Crippen molar-refractivity contribution in [3.05, 3.63) is 54.1 Å². The second-order valence-corrected chi connectivity index (χ2v) is 5.60. The van der Waals surface area contributed by atoms with Crippen LogP contribution in [-0.2, 0) is 0 Å². The number of aliphatic hydroxyl groups is 1. The van der Waals surface area contributed by atoms with E-state index < -0.39 is 6.10 Å². The lowest BCUT2D eigenvalue weighted by Gasteiger charge is -2.14. The highest BCUT2D eigenvalue weighted by molar-refractivity contribution is 5.80. The van der Waals surface area contributed by atoms with Crippen molar-refractivity contribution in [3.8, 4) is 5.88 Å². The fourth-order valence-electron chi connectivity index (χ4n) is 2.36. The minimum absolute atomic E-state index is 0.139. The number of aliphatic hydroxyl groups excluding tert-OH is 1. The minimum atomic E-state index is -0.656. The number of ether oxygens (including phenoxy) is 1. The average molecular weight is 324 g/mol. The highest BCUT2D eigenvalue weighted by atomic mass is 16.5. The number of benzene rings is 1. The molecule has 2 heterocycles. The minimum Gasteiger partial charge on any atom is -0.475 e. The summed E-state index contributed by atoms with van der Waals surface area (Å²) in [6.45, 7) is 2.49. The van der Waals surface area contributed by atoms with E-state index in [0.29, 0.717) is 23.9 Å². The van der Waals surface area contributed by atoms with Crippen LogP contribution in [0.4, 0.5) is 11.5 Å². The first-order chi connectivity index (χ1) is 11.6. The van der Waals surface area contributed by atoms with Gasteiger partial charge in [-0.2, -0.15) is 4.98 Å². The summed E-state index contributed by atoms with van der Waals surface area (Å²) in [7, 11) is 0. The van der Waals surface area contributed by atoms with E-state index in [1.807, 2.05) is 49.4 Å². The SMILES string of the molecule is Cc1cc(OCC(O)CNc2ccccc2)nc2nc(N)ccc12. The second kappa shape index (κ2) is 7.14. The molecular formula is C18H20N4O2. The number of nitrogens with two attached hydrogens (primary N) is 1. The number of hydrogen-bond donors (Lipinski definition) is 3. The second-order valence-electron chi connectivity index (χ2n) is 5.60. The predicted molar refractivity (Wildman–Crippen MR) is 95.1 cm³/mol. The summed E-state index contributed by atoms with van der Waals surface area (Å²) in [4.78, 5) is 8.55. The van der Waals surface area contributed by atoms with E-state index in [-0.39, 0.29) is 6.61 Å².